The first-order valence-corrected chi connectivity index (χ1v) is 6.96. The van der Waals surface area contributed by atoms with Gasteiger partial charge in [0.1, 0.15) is 6.04 Å². The average molecular weight is 311 g/mol. The van der Waals surface area contributed by atoms with Crippen molar-refractivity contribution < 1.29 is 14.5 Å². The first-order valence-electron chi connectivity index (χ1n) is 6.96. The largest absolute Gasteiger partial charge is 0.325 e. The number of urea groups is 1. The van der Waals surface area contributed by atoms with Crippen LogP contribution in [0.1, 0.15) is 17.2 Å². The lowest BCUT2D eigenvalue weighted by molar-refractivity contribution is -0.384. The third-order valence-corrected chi connectivity index (χ3v) is 3.65. The summed E-state index contributed by atoms with van der Waals surface area (Å²) in [5.74, 6) is -0.334. The van der Waals surface area contributed by atoms with Crippen molar-refractivity contribution in [1.82, 2.24) is 10.2 Å². The summed E-state index contributed by atoms with van der Waals surface area (Å²) in [5.41, 5.74) is 1.33. The van der Waals surface area contributed by atoms with Gasteiger partial charge in [-0.25, -0.2) is 4.79 Å². The maximum absolute atomic E-state index is 12.4. The molecule has 3 rings (SSSR count). The molecule has 7 heteroatoms. The Balaban J connectivity index is 1.77. The number of nitrogens with one attached hydrogen (secondary N) is 1. The second-order valence-electron chi connectivity index (χ2n) is 5.14. The first-order chi connectivity index (χ1) is 11.1. The number of hydrogen-bond acceptors (Lipinski definition) is 4. The molecule has 1 atom stereocenters. The topological polar surface area (TPSA) is 92.6 Å². The molecule has 1 aliphatic heterocycles. The van der Waals surface area contributed by atoms with E-state index in [0.717, 1.165) is 10.5 Å². The lowest BCUT2D eigenvalue weighted by Gasteiger charge is -2.13. The van der Waals surface area contributed by atoms with Gasteiger partial charge < -0.3 is 5.32 Å². The van der Waals surface area contributed by atoms with Crippen LogP contribution < -0.4 is 5.32 Å². The van der Waals surface area contributed by atoms with Gasteiger partial charge in [-0.05, 0) is 11.1 Å². The van der Waals surface area contributed by atoms with Crippen LogP contribution in [0.25, 0.3) is 0 Å². The predicted molar refractivity (Wildman–Crippen MR) is 81.4 cm³/mol. The highest BCUT2D eigenvalue weighted by Crippen LogP contribution is 2.23. The zero-order valence-corrected chi connectivity index (χ0v) is 12.0. The number of carbonyl (C=O) groups excluding carboxylic acids is 2. The zero-order chi connectivity index (χ0) is 16.4. The monoisotopic (exact) mass is 311 g/mol. The van der Waals surface area contributed by atoms with Gasteiger partial charge in [0, 0.05) is 12.1 Å². The van der Waals surface area contributed by atoms with Crippen molar-refractivity contribution in [2.45, 2.75) is 12.6 Å². The summed E-state index contributed by atoms with van der Waals surface area (Å²) in [4.78, 5) is 35.7. The number of carbonyl (C=O) groups is 2. The molecule has 3 amide bonds. The second-order valence-corrected chi connectivity index (χ2v) is 5.14. The third kappa shape index (κ3) is 2.89. The average Bonchev–Trinajstić information content (AvgIpc) is 2.84. The van der Waals surface area contributed by atoms with Gasteiger partial charge in [-0.2, -0.15) is 0 Å². The highest BCUT2D eigenvalue weighted by atomic mass is 16.6. The molecule has 1 N–H and O–H groups in total. The van der Waals surface area contributed by atoms with Gasteiger partial charge in [0.25, 0.3) is 11.6 Å². The number of imide groups is 1. The van der Waals surface area contributed by atoms with Gasteiger partial charge in [0.15, 0.2) is 0 Å². The molecule has 0 aromatic heterocycles. The van der Waals surface area contributed by atoms with Crippen molar-refractivity contribution >= 4 is 17.6 Å². The van der Waals surface area contributed by atoms with Crippen LogP contribution in [0.5, 0.6) is 0 Å². The minimum atomic E-state index is -0.693. The molecule has 0 saturated carbocycles. The molecule has 1 unspecified atom stereocenters. The molecule has 0 radical (unpaired) electrons. The number of hydrogen-bond donors (Lipinski definition) is 1. The molecule has 1 saturated heterocycles. The highest BCUT2D eigenvalue weighted by Gasteiger charge is 2.38. The summed E-state index contributed by atoms with van der Waals surface area (Å²) in [7, 11) is 0. The summed E-state index contributed by atoms with van der Waals surface area (Å²) < 4.78 is 0. The smallest absolute Gasteiger partial charge is 0.322 e. The number of rotatable bonds is 4. The van der Waals surface area contributed by atoms with Crippen molar-refractivity contribution in [3.05, 3.63) is 75.8 Å². The minimum absolute atomic E-state index is 0.0342. The van der Waals surface area contributed by atoms with Gasteiger partial charge in [-0.15, -0.1) is 0 Å². The molecule has 2 aromatic carbocycles. The van der Waals surface area contributed by atoms with E-state index in [1.165, 1.54) is 24.3 Å². The Bertz CT molecular complexity index is 759. The van der Waals surface area contributed by atoms with Crippen molar-refractivity contribution in [1.29, 1.82) is 0 Å². The first kappa shape index (κ1) is 14.7. The van der Waals surface area contributed by atoms with Crippen LogP contribution >= 0.6 is 0 Å². The molecule has 0 aliphatic carbocycles. The third-order valence-electron chi connectivity index (χ3n) is 3.65. The standard InChI is InChI=1S/C16H13N3O4/c20-15-14(12-4-2-1-3-5-12)17-16(21)18(15)10-11-6-8-13(9-7-11)19(22)23/h1-9,14H,10H2,(H,17,21). The highest BCUT2D eigenvalue weighted by molar-refractivity contribution is 6.04. The van der Waals surface area contributed by atoms with E-state index in [1.807, 2.05) is 6.07 Å². The fraction of sp³-hybridized carbons (Fsp3) is 0.125. The molecule has 1 aliphatic rings. The summed E-state index contributed by atoms with van der Waals surface area (Å²) >= 11 is 0. The molecule has 7 nitrogen and oxygen atoms in total. The number of nitro benzene ring substituents is 1. The Labute approximate surface area is 131 Å². The molecule has 23 heavy (non-hydrogen) atoms. The van der Waals surface area contributed by atoms with E-state index in [0.29, 0.717) is 5.56 Å². The van der Waals surface area contributed by atoms with E-state index in [4.69, 9.17) is 0 Å². The van der Waals surface area contributed by atoms with Gasteiger partial charge in [-0.1, -0.05) is 42.5 Å². The van der Waals surface area contributed by atoms with Crippen LogP contribution in [-0.4, -0.2) is 21.8 Å². The van der Waals surface area contributed by atoms with Crippen molar-refractivity contribution in [3.63, 3.8) is 0 Å². The van der Waals surface area contributed by atoms with Crippen molar-refractivity contribution in [2.75, 3.05) is 0 Å². The SMILES string of the molecule is O=C1NC(c2ccccc2)C(=O)N1Cc1ccc([N+](=O)[O-])cc1. The fourth-order valence-electron chi connectivity index (χ4n) is 2.45. The molecule has 1 fully saturated rings. The van der Waals surface area contributed by atoms with Gasteiger partial charge in [0.05, 0.1) is 11.5 Å². The minimum Gasteiger partial charge on any atom is -0.322 e. The molecule has 2 aromatic rings. The normalized spacial score (nSPS) is 17.2. The number of non-ortho nitro benzene ring substituents is 1. The quantitative estimate of drug-likeness (QED) is 0.533. The maximum atomic E-state index is 12.4. The number of nitrogens with zero attached hydrogens (tertiary/aromatic N) is 2. The maximum Gasteiger partial charge on any atom is 0.325 e. The predicted octanol–water partition coefficient (Wildman–Crippen LogP) is 2.39. The Morgan fingerprint density at radius 3 is 2.30 bits per heavy atom. The summed E-state index contributed by atoms with van der Waals surface area (Å²) in [6.45, 7) is 0.0754. The van der Waals surface area contributed by atoms with E-state index in [1.54, 1.807) is 24.3 Å². The van der Waals surface area contributed by atoms with Gasteiger partial charge in [0.2, 0.25) is 0 Å². The fourth-order valence-corrected chi connectivity index (χ4v) is 2.45. The lowest BCUT2D eigenvalue weighted by atomic mass is 10.1. The molecule has 0 bridgehead atoms. The van der Waals surface area contributed by atoms with E-state index < -0.39 is 17.0 Å². The van der Waals surface area contributed by atoms with E-state index in [2.05, 4.69) is 5.32 Å². The molecular formula is C16H13N3O4. The van der Waals surface area contributed by atoms with Crippen LogP contribution in [0.2, 0.25) is 0 Å². The van der Waals surface area contributed by atoms with Crippen LogP contribution in [-0.2, 0) is 11.3 Å². The Kier molecular flexibility index (Phi) is 3.76. The number of nitro groups is 1. The van der Waals surface area contributed by atoms with E-state index >= 15 is 0 Å². The Morgan fingerprint density at radius 2 is 1.70 bits per heavy atom. The summed E-state index contributed by atoms with van der Waals surface area (Å²) in [5, 5.41) is 13.3. The van der Waals surface area contributed by atoms with Crippen LogP contribution in [0.15, 0.2) is 54.6 Å². The van der Waals surface area contributed by atoms with Crippen LogP contribution in [0.4, 0.5) is 10.5 Å². The van der Waals surface area contributed by atoms with Crippen molar-refractivity contribution in [2.24, 2.45) is 0 Å². The lowest BCUT2D eigenvalue weighted by Crippen LogP contribution is -2.30. The van der Waals surface area contributed by atoms with Gasteiger partial charge >= 0.3 is 6.03 Å². The second kappa shape index (κ2) is 5.88. The molecule has 116 valence electrons. The molecular weight excluding hydrogens is 298 g/mol. The Morgan fingerprint density at radius 1 is 1.04 bits per heavy atom. The zero-order valence-electron chi connectivity index (χ0n) is 12.0. The van der Waals surface area contributed by atoms with E-state index in [9.17, 15) is 19.7 Å². The Hall–Kier alpha value is -3.22. The van der Waals surface area contributed by atoms with Crippen molar-refractivity contribution in [3.8, 4) is 0 Å². The molecule has 1 heterocycles. The van der Waals surface area contributed by atoms with Crippen LogP contribution in [0.3, 0.4) is 0 Å². The molecule has 0 spiro atoms. The number of benzene rings is 2. The van der Waals surface area contributed by atoms with Crippen LogP contribution in [0, 0.1) is 10.1 Å². The van der Waals surface area contributed by atoms with E-state index in [-0.39, 0.29) is 18.1 Å². The summed E-state index contributed by atoms with van der Waals surface area (Å²) in [6.07, 6.45) is 0. The van der Waals surface area contributed by atoms with Gasteiger partial charge in [-0.3, -0.25) is 19.8 Å². The summed E-state index contributed by atoms with van der Waals surface area (Å²) in [6, 6.07) is 13.6. The number of amides is 3.